The molecular weight excluding hydrogens is 348 g/mol. The van der Waals surface area contributed by atoms with Crippen LogP contribution in [0.25, 0.3) is 5.65 Å². The van der Waals surface area contributed by atoms with Crippen LogP contribution >= 0.6 is 0 Å². The number of benzene rings is 1. The molecule has 2 aromatic heterocycles. The zero-order valence-electron chi connectivity index (χ0n) is 15.5. The first-order valence-electron chi connectivity index (χ1n) is 8.69. The van der Waals surface area contributed by atoms with E-state index in [2.05, 4.69) is 36.2 Å². The second-order valence-corrected chi connectivity index (χ2v) is 7.93. The van der Waals surface area contributed by atoms with Gasteiger partial charge in [-0.05, 0) is 36.6 Å². The van der Waals surface area contributed by atoms with Crippen LogP contribution in [0.5, 0.6) is 5.88 Å². The van der Waals surface area contributed by atoms with Crippen LogP contribution < -0.4 is 10.1 Å². The van der Waals surface area contributed by atoms with Gasteiger partial charge in [0.05, 0.1) is 12.8 Å². The van der Waals surface area contributed by atoms with Crippen molar-refractivity contribution >= 4 is 28.0 Å². The summed E-state index contributed by atoms with van der Waals surface area (Å²) < 4.78 is 19.2. The van der Waals surface area contributed by atoms with Crippen molar-refractivity contribution in [1.82, 2.24) is 14.6 Å². The lowest BCUT2D eigenvalue weighted by Gasteiger charge is -2.13. The molecule has 7 heteroatoms. The van der Waals surface area contributed by atoms with Crippen LogP contribution in [0.1, 0.15) is 26.3 Å². The smallest absolute Gasteiger partial charge is 0.219 e. The Bertz CT molecular complexity index is 919. The molecule has 0 saturated heterocycles. The molecule has 0 fully saturated rings. The van der Waals surface area contributed by atoms with E-state index < -0.39 is 10.8 Å². The fraction of sp³-hybridized carbons (Fsp3) is 0.368. The van der Waals surface area contributed by atoms with Gasteiger partial charge < -0.3 is 10.1 Å². The molecule has 1 aromatic carbocycles. The van der Waals surface area contributed by atoms with Crippen molar-refractivity contribution in [2.75, 3.05) is 18.2 Å². The number of rotatable bonds is 7. The maximum Gasteiger partial charge on any atom is 0.219 e. The van der Waals surface area contributed by atoms with E-state index in [1.54, 1.807) is 10.8 Å². The fourth-order valence-corrected chi connectivity index (χ4v) is 3.05. The third-order valence-corrected chi connectivity index (χ3v) is 4.86. The second-order valence-electron chi connectivity index (χ2n) is 6.55. The van der Waals surface area contributed by atoms with Gasteiger partial charge in [0, 0.05) is 39.3 Å². The zero-order chi connectivity index (χ0) is 18.7. The highest BCUT2D eigenvalue weighted by Crippen LogP contribution is 2.24. The van der Waals surface area contributed by atoms with Gasteiger partial charge in [0.15, 0.2) is 5.65 Å². The summed E-state index contributed by atoms with van der Waals surface area (Å²) >= 11 is 0. The topological polar surface area (TPSA) is 68.5 Å². The summed E-state index contributed by atoms with van der Waals surface area (Å²) in [4.78, 5) is 5.41. The molecule has 1 N–H and O–H groups in total. The molecule has 3 rings (SSSR count). The minimum atomic E-state index is -0.990. The quantitative estimate of drug-likeness (QED) is 0.683. The molecule has 138 valence electrons. The first-order chi connectivity index (χ1) is 12.5. The van der Waals surface area contributed by atoms with Gasteiger partial charge in [-0.1, -0.05) is 20.8 Å². The van der Waals surface area contributed by atoms with Gasteiger partial charge in [0.25, 0.3) is 0 Å². The van der Waals surface area contributed by atoms with E-state index in [0.29, 0.717) is 18.4 Å². The molecule has 0 aliphatic carbocycles. The molecule has 0 spiro atoms. The Morgan fingerprint density at radius 1 is 1.27 bits per heavy atom. The standard InChI is InChI=1S/C19H24N4O2S/c1-5-14-11-20-23-17(10-18(22-19(14)23)25-12-13(2)3)21-15-6-8-16(9-7-15)26(4)24/h6-11,13,21H,5,12H2,1-4H3. The normalized spacial score (nSPS) is 12.5. The Labute approximate surface area is 156 Å². The number of ether oxygens (including phenoxy) is 1. The van der Waals surface area contributed by atoms with E-state index in [9.17, 15) is 4.21 Å². The first-order valence-corrected chi connectivity index (χ1v) is 10.2. The molecule has 0 radical (unpaired) electrons. The number of fused-ring (bicyclic) bond motifs is 1. The van der Waals surface area contributed by atoms with Crippen LogP contribution in [0, 0.1) is 5.92 Å². The van der Waals surface area contributed by atoms with Gasteiger partial charge >= 0.3 is 0 Å². The lowest BCUT2D eigenvalue weighted by molar-refractivity contribution is 0.262. The second kappa shape index (κ2) is 7.86. The average Bonchev–Trinajstić information content (AvgIpc) is 3.03. The van der Waals surface area contributed by atoms with Crippen molar-refractivity contribution in [3.05, 3.63) is 42.1 Å². The molecule has 3 aromatic rings. The van der Waals surface area contributed by atoms with Crippen molar-refractivity contribution in [3.8, 4) is 5.88 Å². The van der Waals surface area contributed by atoms with Crippen LogP contribution in [-0.4, -0.2) is 31.7 Å². The molecular formula is C19H24N4O2S. The van der Waals surface area contributed by atoms with Crippen molar-refractivity contribution in [2.24, 2.45) is 5.92 Å². The Morgan fingerprint density at radius 2 is 2.00 bits per heavy atom. The lowest BCUT2D eigenvalue weighted by Crippen LogP contribution is -2.08. The molecule has 1 atom stereocenters. The minimum absolute atomic E-state index is 0.419. The summed E-state index contributed by atoms with van der Waals surface area (Å²) in [7, 11) is -0.990. The molecule has 0 bridgehead atoms. The first kappa shape index (κ1) is 18.4. The van der Waals surface area contributed by atoms with E-state index in [1.807, 2.05) is 36.5 Å². The summed E-state index contributed by atoms with van der Waals surface area (Å²) in [6.45, 7) is 6.90. The van der Waals surface area contributed by atoms with E-state index in [1.165, 1.54) is 0 Å². The highest BCUT2D eigenvalue weighted by molar-refractivity contribution is 7.84. The molecule has 0 aliphatic rings. The predicted octanol–water partition coefficient (Wildman–Crippen LogP) is 3.81. The van der Waals surface area contributed by atoms with Crippen molar-refractivity contribution in [1.29, 1.82) is 0 Å². The molecule has 2 heterocycles. The highest BCUT2D eigenvalue weighted by atomic mass is 32.2. The summed E-state index contributed by atoms with van der Waals surface area (Å²) in [5, 5.41) is 7.82. The fourth-order valence-electron chi connectivity index (χ4n) is 2.53. The molecule has 0 amide bonds. The van der Waals surface area contributed by atoms with Crippen molar-refractivity contribution in [3.63, 3.8) is 0 Å². The molecule has 26 heavy (non-hydrogen) atoms. The van der Waals surface area contributed by atoms with E-state index in [0.717, 1.165) is 34.0 Å². The number of anilines is 2. The Kier molecular flexibility index (Phi) is 5.56. The minimum Gasteiger partial charge on any atom is -0.477 e. The van der Waals surface area contributed by atoms with E-state index in [-0.39, 0.29) is 0 Å². The highest BCUT2D eigenvalue weighted by Gasteiger charge is 2.12. The van der Waals surface area contributed by atoms with Crippen LogP contribution in [0.2, 0.25) is 0 Å². The molecule has 6 nitrogen and oxygen atoms in total. The van der Waals surface area contributed by atoms with E-state index in [4.69, 9.17) is 4.74 Å². The number of aromatic nitrogens is 3. The van der Waals surface area contributed by atoms with E-state index >= 15 is 0 Å². The van der Waals surface area contributed by atoms with Crippen LogP contribution in [0.4, 0.5) is 11.5 Å². The number of aryl methyl sites for hydroxylation is 1. The number of hydrogen-bond acceptors (Lipinski definition) is 5. The Balaban J connectivity index is 1.97. The van der Waals surface area contributed by atoms with Crippen molar-refractivity contribution in [2.45, 2.75) is 32.1 Å². The summed E-state index contributed by atoms with van der Waals surface area (Å²) in [6, 6.07) is 9.37. The van der Waals surface area contributed by atoms with Crippen LogP contribution in [0.3, 0.4) is 0 Å². The third-order valence-electron chi connectivity index (χ3n) is 3.93. The summed E-state index contributed by atoms with van der Waals surface area (Å²) in [5.41, 5.74) is 2.75. The lowest BCUT2D eigenvalue weighted by atomic mass is 10.2. The van der Waals surface area contributed by atoms with Crippen LogP contribution in [0.15, 0.2) is 41.4 Å². The molecule has 0 saturated carbocycles. The van der Waals surface area contributed by atoms with Gasteiger partial charge in [0.2, 0.25) is 5.88 Å². The number of nitrogens with zero attached hydrogens (tertiary/aromatic N) is 3. The zero-order valence-corrected chi connectivity index (χ0v) is 16.3. The van der Waals surface area contributed by atoms with Gasteiger partial charge in [-0.3, -0.25) is 4.21 Å². The molecule has 1 unspecified atom stereocenters. The summed E-state index contributed by atoms with van der Waals surface area (Å²) in [5.74, 6) is 1.77. The van der Waals surface area contributed by atoms with Crippen LogP contribution in [-0.2, 0) is 17.2 Å². The number of nitrogens with one attached hydrogen (secondary N) is 1. The van der Waals surface area contributed by atoms with Crippen molar-refractivity contribution < 1.29 is 8.95 Å². The predicted molar refractivity (Wildman–Crippen MR) is 105 cm³/mol. The van der Waals surface area contributed by atoms with Gasteiger partial charge in [-0.25, -0.2) is 0 Å². The maximum atomic E-state index is 11.5. The number of hydrogen-bond donors (Lipinski definition) is 1. The van der Waals surface area contributed by atoms with Gasteiger partial charge in [-0.15, -0.1) is 0 Å². The van der Waals surface area contributed by atoms with Gasteiger partial charge in [-0.2, -0.15) is 14.6 Å². The Hall–Kier alpha value is -2.41. The average molecular weight is 372 g/mol. The Morgan fingerprint density at radius 3 is 2.62 bits per heavy atom. The largest absolute Gasteiger partial charge is 0.477 e. The SMILES string of the molecule is CCc1cnn2c(Nc3ccc(S(C)=O)cc3)cc(OCC(C)C)nc12. The monoisotopic (exact) mass is 372 g/mol. The third kappa shape index (κ3) is 4.04. The maximum absolute atomic E-state index is 11.5. The van der Waals surface area contributed by atoms with Gasteiger partial charge in [0.1, 0.15) is 5.82 Å². The molecule has 0 aliphatic heterocycles. The summed E-state index contributed by atoms with van der Waals surface area (Å²) in [6.07, 6.45) is 4.35.